The van der Waals surface area contributed by atoms with Gasteiger partial charge in [0.25, 0.3) is 0 Å². The second-order valence-electron chi connectivity index (χ2n) is 7.07. The molecule has 140 valence electrons. The number of amides is 1. The van der Waals surface area contributed by atoms with E-state index < -0.39 is 17.4 Å². The van der Waals surface area contributed by atoms with Crippen molar-refractivity contribution in [1.82, 2.24) is 0 Å². The molecule has 0 aliphatic heterocycles. The first-order valence-electron chi connectivity index (χ1n) is 8.57. The highest BCUT2D eigenvalue weighted by molar-refractivity contribution is 7.17. The summed E-state index contributed by atoms with van der Waals surface area (Å²) < 4.78 is 0. The number of aliphatic carboxylic acids is 1. The van der Waals surface area contributed by atoms with Crippen molar-refractivity contribution in [3.05, 3.63) is 50.9 Å². The summed E-state index contributed by atoms with van der Waals surface area (Å²) in [5.74, 6) is -2.08. The van der Waals surface area contributed by atoms with Gasteiger partial charge in [-0.2, -0.15) is 0 Å². The third kappa shape index (κ3) is 3.16. The molecule has 1 heterocycles. The van der Waals surface area contributed by atoms with E-state index in [1.165, 1.54) is 11.3 Å². The number of nitrogens with one attached hydrogen (secondary N) is 1. The van der Waals surface area contributed by atoms with Crippen LogP contribution in [0.25, 0.3) is 0 Å². The number of rotatable bonds is 5. The molecule has 1 aromatic carbocycles. The Labute approximate surface area is 164 Å². The Balaban J connectivity index is 1.76. The van der Waals surface area contributed by atoms with Gasteiger partial charge in [-0.05, 0) is 43.4 Å². The van der Waals surface area contributed by atoms with E-state index in [0.29, 0.717) is 46.0 Å². The molecule has 0 saturated heterocycles. The van der Waals surface area contributed by atoms with Crippen molar-refractivity contribution in [2.24, 2.45) is 11.7 Å². The summed E-state index contributed by atoms with van der Waals surface area (Å²) in [5, 5.41) is 12.9. The molecule has 4 N–H and O–H groups in total. The molecule has 2 aromatic rings. The molecule has 1 aromatic heterocycles. The number of carboxylic acid groups (broad SMARTS) is 1. The Hall–Kier alpha value is -2.22. The lowest BCUT2D eigenvalue weighted by Crippen LogP contribution is -2.38. The topological polar surface area (TPSA) is 109 Å². The van der Waals surface area contributed by atoms with Crippen molar-refractivity contribution in [3.63, 3.8) is 0 Å². The number of hydrogen-bond acceptors (Lipinski definition) is 5. The van der Waals surface area contributed by atoms with Crippen LogP contribution in [0.15, 0.2) is 24.3 Å². The summed E-state index contributed by atoms with van der Waals surface area (Å²) >= 11 is 7.44. The van der Waals surface area contributed by atoms with Crippen molar-refractivity contribution in [1.29, 1.82) is 0 Å². The fraction of sp³-hybridized carbons (Fsp3) is 0.316. The number of benzene rings is 1. The van der Waals surface area contributed by atoms with Crippen LogP contribution < -0.4 is 11.1 Å². The van der Waals surface area contributed by atoms with Gasteiger partial charge < -0.3 is 16.2 Å². The van der Waals surface area contributed by atoms with Gasteiger partial charge in [-0.1, -0.05) is 23.7 Å². The molecule has 1 atom stereocenters. The smallest absolute Gasteiger partial charge is 0.307 e. The largest absolute Gasteiger partial charge is 0.481 e. The van der Waals surface area contributed by atoms with Gasteiger partial charge in [0.15, 0.2) is 5.78 Å². The second kappa shape index (κ2) is 6.44. The number of anilines is 1. The maximum atomic E-state index is 13.2. The number of nitrogens with two attached hydrogens (primary N) is 1. The van der Waals surface area contributed by atoms with Gasteiger partial charge >= 0.3 is 5.97 Å². The van der Waals surface area contributed by atoms with Crippen LogP contribution in [0, 0.1) is 5.92 Å². The maximum Gasteiger partial charge on any atom is 0.307 e. The molecule has 0 spiro atoms. The van der Waals surface area contributed by atoms with Crippen LogP contribution in [0.1, 0.15) is 39.2 Å². The Kier molecular flexibility index (Phi) is 4.33. The number of hydrogen-bond donors (Lipinski definition) is 3. The quantitative estimate of drug-likeness (QED) is 0.664. The van der Waals surface area contributed by atoms with Crippen LogP contribution >= 0.6 is 22.9 Å². The van der Waals surface area contributed by atoms with Gasteiger partial charge in [-0.15, -0.1) is 11.3 Å². The highest BCUT2D eigenvalue weighted by Crippen LogP contribution is 2.44. The zero-order valence-electron chi connectivity index (χ0n) is 14.3. The van der Waals surface area contributed by atoms with Crippen LogP contribution in [-0.4, -0.2) is 28.3 Å². The minimum absolute atomic E-state index is 0.260. The summed E-state index contributed by atoms with van der Waals surface area (Å²) in [5.41, 5.74) is 6.44. The molecule has 1 saturated carbocycles. The third-order valence-electron chi connectivity index (χ3n) is 5.14. The van der Waals surface area contributed by atoms with Gasteiger partial charge in [0, 0.05) is 10.4 Å². The van der Waals surface area contributed by atoms with E-state index in [-0.39, 0.29) is 18.1 Å². The fourth-order valence-corrected chi connectivity index (χ4v) is 4.83. The number of ketones is 1. The van der Waals surface area contributed by atoms with E-state index >= 15 is 0 Å². The summed E-state index contributed by atoms with van der Waals surface area (Å²) in [6, 6.07) is 6.68. The summed E-state index contributed by atoms with van der Waals surface area (Å²) in [7, 11) is 0. The van der Waals surface area contributed by atoms with Crippen molar-refractivity contribution < 1.29 is 19.5 Å². The van der Waals surface area contributed by atoms with Crippen LogP contribution in [0.5, 0.6) is 0 Å². The minimum atomic E-state index is -0.890. The highest BCUT2D eigenvalue weighted by atomic mass is 35.5. The van der Waals surface area contributed by atoms with Crippen molar-refractivity contribution in [3.8, 4) is 0 Å². The van der Waals surface area contributed by atoms with Gasteiger partial charge in [-0.25, -0.2) is 0 Å². The van der Waals surface area contributed by atoms with Crippen molar-refractivity contribution >= 4 is 45.6 Å². The first kappa shape index (κ1) is 18.2. The monoisotopic (exact) mass is 404 g/mol. The molecule has 8 heteroatoms. The van der Waals surface area contributed by atoms with Crippen LogP contribution in [0.4, 0.5) is 5.00 Å². The van der Waals surface area contributed by atoms with E-state index in [1.54, 1.807) is 24.3 Å². The minimum Gasteiger partial charge on any atom is -0.481 e. The molecule has 2 aliphatic rings. The Morgan fingerprint density at radius 3 is 2.56 bits per heavy atom. The molecule has 0 radical (unpaired) electrons. The number of carbonyl (C=O) groups excluding carboxylic acids is 2. The lowest BCUT2D eigenvalue weighted by atomic mass is 9.98. The summed E-state index contributed by atoms with van der Waals surface area (Å²) in [6.07, 6.45) is 1.83. The first-order valence-corrected chi connectivity index (χ1v) is 9.76. The van der Waals surface area contributed by atoms with Gasteiger partial charge in [0.1, 0.15) is 5.00 Å². The highest BCUT2D eigenvalue weighted by Gasteiger charge is 2.47. The Morgan fingerprint density at radius 2 is 1.93 bits per heavy atom. The molecule has 4 rings (SSSR count). The summed E-state index contributed by atoms with van der Waals surface area (Å²) in [4.78, 5) is 37.8. The summed E-state index contributed by atoms with van der Waals surface area (Å²) in [6.45, 7) is 0. The molecular weight excluding hydrogens is 388 g/mol. The maximum absolute atomic E-state index is 13.2. The number of halogens is 1. The SMILES string of the molecule is NC1(C(=O)Nc2sc3c(c2C(=O)c2ccccc2Cl)CC(C(=O)O)C3)CC1. The van der Waals surface area contributed by atoms with Crippen LogP contribution in [0.3, 0.4) is 0 Å². The number of carboxylic acids is 1. The van der Waals surface area contributed by atoms with Gasteiger partial charge in [0.05, 0.1) is 22.0 Å². The average molecular weight is 405 g/mol. The van der Waals surface area contributed by atoms with E-state index in [1.807, 2.05) is 0 Å². The van der Waals surface area contributed by atoms with Crippen LogP contribution in [0.2, 0.25) is 5.02 Å². The zero-order valence-corrected chi connectivity index (χ0v) is 15.8. The lowest BCUT2D eigenvalue weighted by Gasteiger charge is -2.12. The van der Waals surface area contributed by atoms with Crippen molar-refractivity contribution in [2.75, 3.05) is 5.32 Å². The van der Waals surface area contributed by atoms with E-state index in [4.69, 9.17) is 17.3 Å². The lowest BCUT2D eigenvalue weighted by molar-refractivity contribution is -0.141. The molecule has 6 nitrogen and oxygen atoms in total. The predicted molar refractivity (Wildman–Crippen MR) is 103 cm³/mol. The molecule has 2 aliphatic carbocycles. The average Bonchev–Trinajstić information content (AvgIpc) is 3.10. The Bertz CT molecular complexity index is 980. The first-order chi connectivity index (χ1) is 12.8. The predicted octanol–water partition coefficient (Wildman–Crippen LogP) is 2.86. The number of fused-ring (bicyclic) bond motifs is 1. The molecule has 1 amide bonds. The molecular formula is C19H17ClN2O4S. The number of thiophene rings is 1. The standard InChI is InChI=1S/C19H17ClN2O4S/c20-12-4-2-1-3-10(12)15(23)14-11-7-9(17(24)25)8-13(11)27-16(14)22-18(26)19(21)5-6-19/h1-4,9H,5-8,21H2,(H,22,26)(H,24,25). The fourth-order valence-electron chi connectivity index (χ4n) is 3.31. The van der Waals surface area contributed by atoms with Gasteiger partial charge in [-0.3, -0.25) is 14.4 Å². The van der Waals surface area contributed by atoms with Crippen molar-refractivity contribution in [2.45, 2.75) is 31.2 Å². The molecule has 27 heavy (non-hydrogen) atoms. The van der Waals surface area contributed by atoms with E-state index in [9.17, 15) is 19.5 Å². The normalized spacial score (nSPS) is 19.4. The van der Waals surface area contributed by atoms with Crippen LogP contribution in [-0.2, 0) is 22.4 Å². The third-order valence-corrected chi connectivity index (χ3v) is 6.64. The Morgan fingerprint density at radius 1 is 1.22 bits per heavy atom. The zero-order chi connectivity index (χ0) is 19.3. The van der Waals surface area contributed by atoms with Gasteiger partial charge in [0.2, 0.25) is 5.91 Å². The molecule has 1 unspecified atom stereocenters. The molecule has 0 bridgehead atoms. The van der Waals surface area contributed by atoms with E-state index in [2.05, 4.69) is 5.32 Å². The number of carbonyl (C=O) groups is 3. The molecule has 1 fully saturated rings. The van der Waals surface area contributed by atoms with E-state index in [0.717, 1.165) is 4.88 Å². The second-order valence-corrected chi connectivity index (χ2v) is 8.58.